The highest BCUT2D eigenvalue weighted by Gasteiger charge is 2.27. The number of nitrogens with one attached hydrogen (secondary N) is 2. The number of carbonyl (C=O) groups is 1. The molecule has 0 atom stereocenters. The topological polar surface area (TPSA) is 105 Å². The van der Waals surface area contributed by atoms with E-state index in [2.05, 4.69) is 10.3 Å². The zero-order valence-corrected chi connectivity index (χ0v) is 15.6. The van der Waals surface area contributed by atoms with Crippen LogP contribution in [0.2, 0.25) is 5.02 Å². The summed E-state index contributed by atoms with van der Waals surface area (Å²) in [6.45, 7) is 1.28. The molecular formula is C17H16ClN3O5S. The Morgan fingerprint density at radius 1 is 1.19 bits per heavy atom. The van der Waals surface area contributed by atoms with Crippen LogP contribution in [0.4, 0.5) is 5.69 Å². The molecule has 0 aliphatic carbocycles. The van der Waals surface area contributed by atoms with Crippen molar-refractivity contribution in [1.82, 2.24) is 9.29 Å². The van der Waals surface area contributed by atoms with Gasteiger partial charge in [-0.25, -0.2) is 8.42 Å². The van der Waals surface area contributed by atoms with Crippen LogP contribution in [0.15, 0.2) is 45.9 Å². The number of amides is 1. The Hall–Kier alpha value is -2.33. The number of ether oxygens (including phenoxy) is 1. The molecule has 27 heavy (non-hydrogen) atoms. The quantitative estimate of drug-likeness (QED) is 0.689. The molecule has 1 fully saturated rings. The Morgan fingerprint density at radius 2 is 1.96 bits per heavy atom. The third-order valence-electron chi connectivity index (χ3n) is 4.28. The molecule has 0 radical (unpaired) electrons. The predicted molar refractivity (Wildman–Crippen MR) is 99.5 cm³/mol. The first kappa shape index (κ1) is 18.1. The summed E-state index contributed by atoms with van der Waals surface area (Å²) in [5.74, 6) is -0.454. The zero-order valence-electron chi connectivity index (χ0n) is 14.1. The SMILES string of the molecule is O=C(Nc1cc(S(=O)(=O)N2CCOCC2)ccc1Cl)c1cc2occc2[nH]1. The van der Waals surface area contributed by atoms with Crippen molar-refractivity contribution in [3.05, 3.63) is 47.3 Å². The number of nitrogens with zero attached hydrogens (tertiary/aromatic N) is 1. The van der Waals surface area contributed by atoms with E-state index in [1.165, 1.54) is 28.8 Å². The third kappa shape index (κ3) is 3.46. The second-order valence-corrected chi connectivity index (χ2v) is 8.34. The minimum Gasteiger partial charge on any atom is -0.463 e. The van der Waals surface area contributed by atoms with Gasteiger partial charge in [-0.2, -0.15) is 4.31 Å². The van der Waals surface area contributed by atoms with E-state index in [9.17, 15) is 13.2 Å². The van der Waals surface area contributed by atoms with Crippen molar-refractivity contribution in [3.8, 4) is 0 Å². The van der Waals surface area contributed by atoms with Gasteiger partial charge in [-0.15, -0.1) is 0 Å². The van der Waals surface area contributed by atoms with E-state index < -0.39 is 15.9 Å². The van der Waals surface area contributed by atoms with Gasteiger partial charge in [0, 0.05) is 25.2 Å². The number of rotatable bonds is 4. The lowest BCUT2D eigenvalue weighted by Crippen LogP contribution is -2.40. The molecule has 0 spiro atoms. The smallest absolute Gasteiger partial charge is 0.272 e. The first-order valence-corrected chi connectivity index (χ1v) is 10.0. The number of furan rings is 1. The van der Waals surface area contributed by atoms with E-state index in [1.54, 1.807) is 12.1 Å². The van der Waals surface area contributed by atoms with Gasteiger partial charge in [0.25, 0.3) is 5.91 Å². The molecular weight excluding hydrogens is 394 g/mol. The number of H-pyrrole nitrogens is 1. The average Bonchev–Trinajstić information content (AvgIpc) is 3.26. The number of aromatic amines is 1. The minimum absolute atomic E-state index is 0.0596. The zero-order chi connectivity index (χ0) is 19.0. The number of hydrogen-bond acceptors (Lipinski definition) is 5. The molecule has 1 saturated heterocycles. The maximum atomic E-state index is 12.8. The number of aromatic nitrogens is 1. The van der Waals surface area contributed by atoms with Crippen LogP contribution in [0.1, 0.15) is 10.5 Å². The molecule has 1 aromatic carbocycles. The van der Waals surface area contributed by atoms with E-state index in [-0.39, 0.29) is 34.4 Å². The van der Waals surface area contributed by atoms with Gasteiger partial charge in [-0.1, -0.05) is 11.6 Å². The molecule has 0 saturated carbocycles. The van der Waals surface area contributed by atoms with Crippen molar-refractivity contribution >= 4 is 44.3 Å². The fraction of sp³-hybridized carbons (Fsp3) is 0.235. The summed E-state index contributed by atoms with van der Waals surface area (Å²) >= 11 is 6.15. The first-order chi connectivity index (χ1) is 12.9. The van der Waals surface area contributed by atoms with Crippen molar-refractivity contribution in [1.29, 1.82) is 0 Å². The molecule has 1 aliphatic rings. The van der Waals surface area contributed by atoms with Crippen molar-refractivity contribution in [2.45, 2.75) is 4.90 Å². The molecule has 0 bridgehead atoms. The number of anilines is 1. The van der Waals surface area contributed by atoms with E-state index in [0.717, 1.165) is 0 Å². The van der Waals surface area contributed by atoms with Gasteiger partial charge in [-0.05, 0) is 18.2 Å². The Balaban J connectivity index is 1.60. The lowest BCUT2D eigenvalue weighted by atomic mass is 10.3. The number of carbonyl (C=O) groups excluding carboxylic acids is 1. The summed E-state index contributed by atoms with van der Waals surface area (Å²) in [7, 11) is -3.69. The van der Waals surface area contributed by atoms with Crippen LogP contribution in [0.5, 0.6) is 0 Å². The molecule has 142 valence electrons. The maximum absolute atomic E-state index is 12.8. The molecule has 1 aliphatic heterocycles. The van der Waals surface area contributed by atoms with Gasteiger partial charge < -0.3 is 19.5 Å². The van der Waals surface area contributed by atoms with E-state index in [4.69, 9.17) is 20.8 Å². The third-order valence-corrected chi connectivity index (χ3v) is 6.50. The molecule has 2 aromatic heterocycles. The number of morpholine rings is 1. The summed E-state index contributed by atoms with van der Waals surface area (Å²) in [4.78, 5) is 15.5. The summed E-state index contributed by atoms with van der Waals surface area (Å²) < 4.78 is 37.3. The van der Waals surface area contributed by atoms with Crippen LogP contribution in [-0.4, -0.2) is 49.9 Å². The second kappa shape index (κ2) is 7.01. The van der Waals surface area contributed by atoms with Gasteiger partial charge in [0.1, 0.15) is 5.69 Å². The second-order valence-electron chi connectivity index (χ2n) is 5.99. The Kier molecular flexibility index (Phi) is 4.68. The molecule has 8 nitrogen and oxygen atoms in total. The Labute approximate surface area is 160 Å². The minimum atomic E-state index is -3.69. The van der Waals surface area contributed by atoms with E-state index >= 15 is 0 Å². The summed E-state index contributed by atoms with van der Waals surface area (Å²) in [5, 5.41) is 2.88. The number of hydrogen-bond donors (Lipinski definition) is 2. The summed E-state index contributed by atoms with van der Waals surface area (Å²) in [6.07, 6.45) is 1.51. The van der Waals surface area contributed by atoms with Crippen LogP contribution < -0.4 is 5.32 Å². The molecule has 10 heteroatoms. The van der Waals surface area contributed by atoms with Crippen molar-refractivity contribution in [3.63, 3.8) is 0 Å². The van der Waals surface area contributed by atoms with Crippen molar-refractivity contribution in [2.24, 2.45) is 0 Å². The molecule has 2 N–H and O–H groups in total. The molecule has 3 heterocycles. The van der Waals surface area contributed by atoms with Gasteiger partial charge in [0.15, 0.2) is 5.58 Å². The normalized spacial score (nSPS) is 15.9. The molecule has 1 amide bonds. The lowest BCUT2D eigenvalue weighted by Gasteiger charge is -2.26. The molecule has 3 aromatic rings. The highest BCUT2D eigenvalue weighted by molar-refractivity contribution is 7.89. The fourth-order valence-corrected chi connectivity index (χ4v) is 4.46. The van der Waals surface area contributed by atoms with E-state index in [0.29, 0.717) is 24.3 Å². The largest absolute Gasteiger partial charge is 0.463 e. The lowest BCUT2D eigenvalue weighted by molar-refractivity contribution is 0.0730. The first-order valence-electron chi connectivity index (χ1n) is 8.20. The van der Waals surface area contributed by atoms with Gasteiger partial charge in [-0.3, -0.25) is 4.79 Å². The maximum Gasteiger partial charge on any atom is 0.272 e. The van der Waals surface area contributed by atoms with Crippen molar-refractivity contribution in [2.75, 3.05) is 31.6 Å². The number of fused-ring (bicyclic) bond motifs is 1. The molecule has 0 unspecified atom stereocenters. The van der Waals surface area contributed by atoms with Crippen LogP contribution in [-0.2, 0) is 14.8 Å². The van der Waals surface area contributed by atoms with Crippen LogP contribution in [0.25, 0.3) is 11.1 Å². The predicted octanol–water partition coefficient (Wildman–Crippen LogP) is 2.69. The standard InChI is InChI=1S/C17H16ClN3O5S/c18-12-2-1-11(27(23,24)21-4-7-25-8-5-21)9-14(12)20-17(22)15-10-16-13(19-15)3-6-26-16/h1-3,6,9-10,19H,4-5,7-8H2,(H,20,22). The Bertz CT molecular complexity index is 1070. The van der Waals surface area contributed by atoms with Crippen LogP contribution in [0, 0.1) is 0 Å². The highest BCUT2D eigenvalue weighted by Crippen LogP contribution is 2.28. The highest BCUT2D eigenvalue weighted by atomic mass is 35.5. The van der Waals surface area contributed by atoms with Gasteiger partial charge in [0.2, 0.25) is 10.0 Å². The van der Waals surface area contributed by atoms with Gasteiger partial charge >= 0.3 is 0 Å². The van der Waals surface area contributed by atoms with Crippen molar-refractivity contribution < 1.29 is 22.4 Å². The number of sulfonamides is 1. The van der Waals surface area contributed by atoms with Gasteiger partial charge in [0.05, 0.1) is 40.6 Å². The Morgan fingerprint density at radius 3 is 2.70 bits per heavy atom. The van der Waals surface area contributed by atoms with Crippen LogP contribution >= 0.6 is 11.6 Å². The summed E-state index contributed by atoms with van der Waals surface area (Å²) in [6, 6.07) is 7.50. The van der Waals surface area contributed by atoms with E-state index in [1.807, 2.05) is 0 Å². The fourth-order valence-electron chi connectivity index (χ4n) is 2.86. The molecule has 4 rings (SSSR count). The number of benzene rings is 1. The summed E-state index contributed by atoms with van der Waals surface area (Å²) in [5.41, 5.74) is 1.73. The monoisotopic (exact) mass is 409 g/mol. The number of halogens is 1. The van der Waals surface area contributed by atoms with Crippen LogP contribution in [0.3, 0.4) is 0 Å². The average molecular weight is 410 g/mol.